The predicted molar refractivity (Wildman–Crippen MR) is 120 cm³/mol. The quantitative estimate of drug-likeness (QED) is 0.717. The Morgan fingerprint density at radius 1 is 1.18 bits per heavy atom. The number of amides is 1. The Labute approximate surface area is 192 Å². The largest absolute Gasteiger partial charge is 0.457 e. The summed E-state index contributed by atoms with van der Waals surface area (Å²) in [5.41, 5.74) is 0.959. The summed E-state index contributed by atoms with van der Waals surface area (Å²) in [5.74, 6) is -0.307. The molecule has 0 bridgehead atoms. The van der Waals surface area contributed by atoms with Crippen LogP contribution in [0.2, 0.25) is 0 Å². The van der Waals surface area contributed by atoms with Gasteiger partial charge in [-0.15, -0.1) is 0 Å². The number of nitrogens with one attached hydrogen (secondary N) is 1. The average molecular weight is 444 g/mol. The molecular weight excluding hydrogens is 418 g/mol. The second kappa shape index (κ2) is 7.45. The van der Waals surface area contributed by atoms with Gasteiger partial charge in [-0.2, -0.15) is 5.26 Å². The summed E-state index contributed by atoms with van der Waals surface area (Å²) in [6, 6.07) is 13.4. The van der Waals surface area contributed by atoms with E-state index in [2.05, 4.69) is 30.2 Å². The predicted octanol–water partition coefficient (Wildman–Crippen LogP) is 4.09. The van der Waals surface area contributed by atoms with Crippen molar-refractivity contribution in [2.45, 2.75) is 44.4 Å². The van der Waals surface area contributed by atoms with E-state index in [0.717, 1.165) is 16.8 Å². The van der Waals surface area contributed by atoms with Gasteiger partial charge in [-0.1, -0.05) is 38.1 Å². The van der Waals surface area contributed by atoms with Gasteiger partial charge in [-0.25, -0.2) is 9.59 Å². The van der Waals surface area contributed by atoms with Gasteiger partial charge in [0.05, 0.1) is 17.3 Å². The van der Waals surface area contributed by atoms with Gasteiger partial charge in [0.1, 0.15) is 11.6 Å². The van der Waals surface area contributed by atoms with Crippen molar-refractivity contribution in [3.63, 3.8) is 0 Å². The SMILES string of the molecule is C[C@@H]1[C@@H](C)C[C@]23OC(=O)N[C@]2([C@@H](C)OC3=O)[C@H]1/C=C/c1ccc(-c2cccc(C#N)c2)cn1. The van der Waals surface area contributed by atoms with Gasteiger partial charge < -0.3 is 14.8 Å². The fourth-order valence-electron chi connectivity index (χ4n) is 5.82. The molecule has 7 heteroatoms. The number of cyclic esters (lactones) is 1. The maximum absolute atomic E-state index is 12.9. The normalized spacial score (nSPS) is 34.7. The first-order valence-electron chi connectivity index (χ1n) is 11.2. The van der Waals surface area contributed by atoms with E-state index in [4.69, 9.17) is 14.7 Å². The number of rotatable bonds is 3. The fourth-order valence-corrected chi connectivity index (χ4v) is 5.82. The van der Waals surface area contributed by atoms with Gasteiger partial charge >= 0.3 is 12.1 Å². The molecule has 5 rings (SSSR count). The zero-order valence-corrected chi connectivity index (χ0v) is 18.7. The Bertz CT molecular complexity index is 1200. The van der Waals surface area contributed by atoms with Gasteiger partial charge in [0, 0.05) is 24.1 Å². The van der Waals surface area contributed by atoms with Crippen LogP contribution in [-0.4, -0.2) is 34.3 Å². The van der Waals surface area contributed by atoms with E-state index in [0.29, 0.717) is 12.0 Å². The molecule has 2 aromatic rings. The molecule has 7 nitrogen and oxygen atoms in total. The van der Waals surface area contributed by atoms with Gasteiger partial charge in [-0.05, 0) is 48.6 Å². The topological polar surface area (TPSA) is 101 Å². The molecule has 1 aromatic heterocycles. The highest BCUT2D eigenvalue weighted by Gasteiger charge is 2.78. The third kappa shape index (κ3) is 2.97. The smallest absolute Gasteiger partial charge is 0.409 e. The van der Waals surface area contributed by atoms with Crippen LogP contribution in [0.25, 0.3) is 17.2 Å². The highest BCUT2D eigenvalue weighted by Crippen LogP contribution is 2.58. The van der Waals surface area contributed by atoms with Crippen LogP contribution in [0.1, 0.15) is 38.4 Å². The lowest BCUT2D eigenvalue weighted by atomic mass is 9.55. The zero-order chi connectivity index (χ0) is 23.4. The van der Waals surface area contributed by atoms with E-state index in [1.54, 1.807) is 12.3 Å². The molecular formula is C26H25N3O4. The Balaban J connectivity index is 1.47. The molecule has 6 atom stereocenters. The summed E-state index contributed by atoms with van der Waals surface area (Å²) in [5, 5.41) is 12.1. The van der Waals surface area contributed by atoms with Crippen LogP contribution in [0.3, 0.4) is 0 Å². The number of esters is 1. The third-order valence-corrected chi connectivity index (χ3v) is 7.68. The summed E-state index contributed by atoms with van der Waals surface area (Å²) in [6.07, 6.45) is 5.09. The van der Waals surface area contributed by atoms with E-state index >= 15 is 0 Å². The Kier molecular flexibility index (Phi) is 4.78. The van der Waals surface area contributed by atoms with Crippen molar-refractivity contribution < 1.29 is 19.1 Å². The van der Waals surface area contributed by atoms with Gasteiger partial charge in [0.2, 0.25) is 5.60 Å². The molecule has 168 valence electrons. The number of hydrogen-bond acceptors (Lipinski definition) is 6. The summed E-state index contributed by atoms with van der Waals surface area (Å²) in [6.45, 7) is 6.03. The summed E-state index contributed by atoms with van der Waals surface area (Å²) in [4.78, 5) is 29.8. The van der Waals surface area contributed by atoms with Crippen LogP contribution in [0.15, 0.2) is 48.7 Å². The number of benzene rings is 1. The van der Waals surface area contributed by atoms with Crippen molar-refractivity contribution in [1.82, 2.24) is 10.3 Å². The van der Waals surface area contributed by atoms with Gasteiger partial charge in [-0.3, -0.25) is 4.98 Å². The number of aromatic nitrogens is 1. The van der Waals surface area contributed by atoms with Crippen LogP contribution in [0, 0.1) is 29.1 Å². The molecule has 3 heterocycles. The summed E-state index contributed by atoms with van der Waals surface area (Å²) in [7, 11) is 0. The molecule has 1 aliphatic carbocycles. The van der Waals surface area contributed by atoms with Crippen LogP contribution >= 0.6 is 0 Å². The van der Waals surface area contributed by atoms with Crippen molar-refractivity contribution in [3.8, 4) is 17.2 Å². The number of nitriles is 1. The van der Waals surface area contributed by atoms with Crippen LogP contribution in [0.4, 0.5) is 4.79 Å². The van der Waals surface area contributed by atoms with Crippen LogP contribution in [-0.2, 0) is 14.3 Å². The zero-order valence-electron chi connectivity index (χ0n) is 18.7. The Morgan fingerprint density at radius 2 is 2.00 bits per heavy atom. The molecule has 0 radical (unpaired) electrons. The molecule has 1 amide bonds. The highest BCUT2D eigenvalue weighted by atomic mass is 16.6. The number of carbonyl (C=O) groups is 2. The molecule has 33 heavy (non-hydrogen) atoms. The number of nitrogens with zero attached hydrogens (tertiary/aromatic N) is 2. The van der Waals surface area contributed by atoms with E-state index in [9.17, 15) is 9.59 Å². The number of hydrogen-bond donors (Lipinski definition) is 1. The van der Waals surface area contributed by atoms with E-state index in [1.165, 1.54) is 0 Å². The van der Waals surface area contributed by atoms with E-state index in [1.807, 2.05) is 49.4 Å². The minimum atomic E-state index is -1.30. The minimum Gasteiger partial charge on any atom is -0.457 e. The summed E-state index contributed by atoms with van der Waals surface area (Å²) >= 11 is 0. The molecule has 2 aliphatic heterocycles. The molecule has 1 aromatic carbocycles. The van der Waals surface area contributed by atoms with E-state index in [-0.39, 0.29) is 17.8 Å². The Hall–Kier alpha value is -3.66. The van der Waals surface area contributed by atoms with E-state index < -0.39 is 29.3 Å². The van der Waals surface area contributed by atoms with Crippen molar-refractivity contribution >= 4 is 18.1 Å². The monoisotopic (exact) mass is 443 g/mol. The van der Waals surface area contributed by atoms with Crippen molar-refractivity contribution in [1.29, 1.82) is 5.26 Å². The maximum Gasteiger partial charge on any atom is 0.409 e. The first-order valence-corrected chi connectivity index (χ1v) is 11.2. The molecule has 0 spiro atoms. The first-order chi connectivity index (χ1) is 15.8. The number of alkyl carbamates (subject to hydrolysis) is 1. The van der Waals surface area contributed by atoms with Crippen molar-refractivity contribution in [2.24, 2.45) is 17.8 Å². The minimum absolute atomic E-state index is 0.154. The first kappa shape index (κ1) is 21.2. The molecule has 3 fully saturated rings. The van der Waals surface area contributed by atoms with Crippen molar-refractivity contribution in [2.75, 3.05) is 0 Å². The van der Waals surface area contributed by atoms with Crippen LogP contribution < -0.4 is 5.32 Å². The number of carbonyl (C=O) groups excluding carboxylic acids is 2. The second-order valence-corrected chi connectivity index (χ2v) is 9.35. The second-order valence-electron chi connectivity index (χ2n) is 9.35. The lowest BCUT2D eigenvalue weighted by molar-refractivity contribution is -0.157. The Morgan fingerprint density at radius 3 is 2.73 bits per heavy atom. The average Bonchev–Trinajstić information content (AvgIpc) is 3.22. The van der Waals surface area contributed by atoms with Gasteiger partial charge in [0.25, 0.3) is 0 Å². The maximum atomic E-state index is 12.9. The molecule has 2 saturated heterocycles. The third-order valence-electron chi connectivity index (χ3n) is 7.68. The summed E-state index contributed by atoms with van der Waals surface area (Å²) < 4.78 is 11.3. The molecule has 0 unspecified atom stereocenters. The molecule has 1 saturated carbocycles. The molecule has 1 N–H and O–H groups in total. The molecule has 3 aliphatic rings. The van der Waals surface area contributed by atoms with Crippen LogP contribution in [0.5, 0.6) is 0 Å². The number of pyridine rings is 1. The lowest BCUT2D eigenvalue weighted by Gasteiger charge is -2.49. The fraction of sp³-hybridized carbons (Fsp3) is 0.385. The number of ether oxygens (including phenoxy) is 2. The highest BCUT2D eigenvalue weighted by molar-refractivity contribution is 5.92. The van der Waals surface area contributed by atoms with Crippen molar-refractivity contribution in [3.05, 3.63) is 59.9 Å². The van der Waals surface area contributed by atoms with Gasteiger partial charge in [0.15, 0.2) is 0 Å². The lowest BCUT2D eigenvalue weighted by Crippen LogP contribution is -2.69. The standard InChI is InChI=1S/C26H25N3O4/c1-15-12-25-23(30)32-17(3)26(25,29-24(31)33-25)22(16(15)2)10-9-21-8-7-20(14-28-21)19-6-4-5-18(11-19)13-27/h4-11,14-17,22H,12H2,1-3H3,(H,29,31)/b10-9+/t15-,16+,17+,22-,25+,26+/m0/s1.